The zero-order chi connectivity index (χ0) is 30.6. The van der Waals surface area contributed by atoms with Crippen molar-refractivity contribution in [1.29, 1.82) is 0 Å². The van der Waals surface area contributed by atoms with Gasteiger partial charge in [0, 0.05) is 47.7 Å². The molecule has 4 unspecified atom stereocenters. The molecule has 3 aromatic rings. The first-order chi connectivity index (χ1) is 21.2. The summed E-state index contributed by atoms with van der Waals surface area (Å²) >= 11 is 0. The molecule has 4 atom stereocenters. The molecule has 0 amide bonds. The highest BCUT2D eigenvalue weighted by Crippen LogP contribution is 2.45. The highest BCUT2D eigenvalue weighted by molar-refractivity contribution is 7.89. The van der Waals surface area contributed by atoms with Gasteiger partial charge in [0.1, 0.15) is 5.69 Å². The Morgan fingerprint density at radius 3 is 1.48 bits per heavy atom. The van der Waals surface area contributed by atoms with Crippen molar-refractivity contribution in [2.75, 3.05) is 31.7 Å². The third kappa shape index (κ3) is 5.02. The van der Waals surface area contributed by atoms with Gasteiger partial charge in [0.2, 0.25) is 20.0 Å². The van der Waals surface area contributed by atoms with Gasteiger partial charge in [-0.2, -0.15) is 8.61 Å². The fraction of sp³-hybridized carbons (Fsp3) is 0.562. The standard InChI is InChI=1S/C32H40N4O6S2/c37-33-31-27-11-9-25(43(39,40)35-15-13-21-5-1-3-7-23(21)19-35)17-29(27)32(34-38)30-18-26(10-12-28(30)31)44(41,42)36-16-14-22-6-2-4-8-24(22)20-36/h9-12,17-18,21-24,33,37H,1-8,13-16,19-20H2. The number of nitrogens with zero attached hydrogens (tertiary/aromatic N) is 3. The van der Waals surface area contributed by atoms with Crippen LogP contribution in [0.2, 0.25) is 0 Å². The smallest absolute Gasteiger partial charge is 0.243 e. The van der Waals surface area contributed by atoms with Crippen molar-refractivity contribution < 1.29 is 22.0 Å². The molecule has 2 saturated heterocycles. The number of benzene rings is 3. The SMILES string of the molecule is O=Nc1c2cc(S(=O)(=O)N3CCC4CCCCC4C3)ccc2c(NO)c2ccc(S(=O)(=O)N3CCC4CCCCC4C3)cc12. The molecule has 4 aliphatic rings. The minimum Gasteiger partial charge on any atom is -0.291 e. The van der Waals surface area contributed by atoms with Crippen molar-refractivity contribution >= 4 is 53.0 Å². The number of hydrogen-bond donors (Lipinski definition) is 2. The summed E-state index contributed by atoms with van der Waals surface area (Å²) < 4.78 is 58.5. The largest absolute Gasteiger partial charge is 0.291 e. The molecule has 2 aliphatic heterocycles. The zero-order valence-corrected chi connectivity index (χ0v) is 26.5. The number of piperidine rings is 2. The van der Waals surface area contributed by atoms with E-state index in [4.69, 9.17) is 0 Å². The maximum atomic E-state index is 13.9. The average Bonchev–Trinajstić information content (AvgIpc) is 3.06. The van der Waals surface area contributed by atoms with Gasteiger partial charge in [-0.1, -0.05) is 50.7 Å². The molecule has 236 valence electrons. The van der Waals surface area contributed by atoms with Gasteiger partial charge in [-0.15, -0.1) is 4.91 Å². The summed E-state index contributed by atoms with van der Waals surface area (Å²) in [4.78, 5) is 12.5. The van der Waals surface area contributed by atoms with E-state index in [2.05, 4.69) is 10.7 Å². The molecule has 4 fully saturated rings. The monoisotopic (exact) mass is 640 g/mol. The second kappa shape index (κ2) is 11.6. The van der Waals surface area contributed by atoms with E-state index in [1.165, 1.54) is 37.1 Å². The van der Waals surface area contributed by atoms with E-state index in [9.17, 15) is 26.9 Å². The van der Waals surface area contributed by atoms with E-state index in [0.717, 1.165) is 51.4 Å². The lowest BCUT2D eigenvalue weighted by Gasteiger charge is -2.40. The Bertz CT molecular complexity index is 1700. The maximum Gasteiger partial charge on any atom is 0.243 e. The molecule has 0 aromatic heterocycles. The molecule has 10 nitrogen and oxygen atoms in total. The van der Waals surface area contributed by atoms with Gasteiger partial charge in [0.25, 0.3) is 0 Å². The van der Waals surface area contributed by atoms with Gasteiger partial charge in [-0.3, -0.25) is 10.7 Å². The second-order valence-electron chi connectivity index (χ2n) is 13.3. The predicted molar refractivity (Wildman–Crippen MR) is 170 cm³/mol. The molecule has 0 bridgehead atoms. The molecule has 44 heavy (non-hydrogen) atoms. The van der Waals surface area contributed by atoms with Crippen LogP contribution in [0.3, 0.4) is 0 Å². The van der Waals surface area contributed by atoms with Crippen molar-refractivity contribution in [2.24, 2.45) is 28.8 Å². The van der Waals surface area contributed by atoms with Gasteiger partial charge >= 0.3 is 0 Å². The summed E-state index contributed by atoms with van der Waals surface area (Å²) in [6.07, 6.45) is 10.7. The fourth-order valence-electron chi connectivity index (χ4n) is 8.57. The molecule has 2 aliphatic carbocycles. The first-order valence-corrected chi connectivity index (χ1v) is 18.9. The molecule has 7 rings (SSSR count). The Morgan fingerprint density at radius 1 is 0.636 bits per heavy atom. The maximum absolute atomic E-state index is 13.9. The van der Waals surface area contributed by atoms with Crippen LogP contribution in [-0.4, -0.2) is 56.8 Å². The molecule has 12 heteroatoms. The third-order valence-electron chi connectivity index (χ3n) is 11.0. The van der Waals surface area contributed by atoms with E-state index in [1.54, 1.807) is 20.7 Å². The molecule has 2 heterocycles. The molecule has 2 saturated carbocycles. The highest BCUT2D eigenvalue weighted by Gasteiger charge is 2.38. The first kappa shape index (κ1) is 30.0. The first-order valence-electron chi connectivity index (χ1n) is 16.0. The topological polar surface area (TPSA) is 136 Å². The number of nitrogens with one attached hydrogen (secondary N) is 1. The van der Waals surface area contributed by atoms with Crippen LogP contribution in [-0.2, 0) is 20.0 Å². The average molecular weight is 641 g/mol. The third-order valence-corrected chi connectivity index (χ3v) is 14.7. The Balaban J connectivity index is 1.29. The van der Waals surface area contributed by atoms with Crippen LogP contribution in [0.1, 0.15) is 64.2 Å². The zero-order valence-electron chi connectivity index (χ0n) is 24.8. The number of rotatable bonds is 6. The quantitative estimate of drug-likeness (QED) is 0.176. The fourth-order valence-corrected chi connectivity index (χ4v) is 11.7. The van der Waals surface area contributed by atoms with Gasteiger partial charge in [0.05, 0.1) is 15.5 Å². The van der Waals surface area contributed by atoms with Crippen LogP contribution < -0.4 is 5.48 Å². The lowest BCUT2D eigenvalue weighted by Crippen LogP contribution is -2.44. The van der Waals surface area contributed by atoms with Crippen LogP contribution in [0.25, 0.3) is 21.5 Å². The summed E-state index contributed by atoms with van der Waals surface area (Å²) in [7, 11) is -7.71. The second-order valence-corrected chi connectivity index (χ2v) is 17.1. The minimum atomic E-state index is -3.85. The van der Waals surface area contributed by atoms with Crippen LogP contribution in [0.5, 0.6) is 0 Å². The molecule has 0 radical (unpaired) electrons. The predicted octanol–water partition coefficient (Wildman–Crippen LogP) is 6.59. The van der Waals surface area contributed by atoms with Gasteiger partial charge in [-0.05, 0) is 78.8 Å². The van der Waals surface area contributed by atoms with Crippen LogP contribution in [0.4, 0.5) is 11.4 Å². The van der Waals surface area contributed by atoms with E-state index in [1.807, 2.05) is 0 Å². The molecule has 2 N–H and O–H groups in total. The van der Waals surface area contributed by atoms with Crippen LogP contribution in [0.15, 0.2) is 51.4 Å². The Kier molecular flexibility index (Phi) is 7.93. The van der Waals surface area contributed by atoms with E-state index >= 15 is 0 Å². The molecule has 0 spiro atoms. The molecule has 3 aromatic carbocycles. The number of sulfonamides is 2. The lowest BCUT2D eigenvalue weighted by molar-refractivity contribution is 0.136. The minimum absolute atomic E-state index is 0.0477. The van der Waals surface area contributed by atoms with E-state index in [0.29, 0.717) is 60.6 Å². The van der Waals surface area contributed by atoms with Crippen molar-refractivity contribution in [2.45, 2.75) is 74.0 Å². The van der Waals surface area contributed by atoms with Gasteiger partial charge in [-0.25, -0.2) is 16.8 Å². The van der Waals surface area contributed by atoms with Gasteiger partial charge in [0.15, 0.2) is 0 Å². The summed E-state index contributed by atoms with van der Waals surface area (Å²) in [5, 5.41) is 14.8. The molecular formula is C32H40N4O6S2. The number of hydrogen-bond acceptors (Lipinski definition) is 8. The normalized spacial score (nSPS) is 27.1. The van der Waals surface area contributed by atoms with Crippen molar-refractivity contribution in [3.63, 3.8) is 0 Å². The summed E-state index contributed by atoms with van der Waals surface area (Å²) in [5.41, 5.74) is 2.40. The number of fused-ring (bicyclic) bond motifs is 4. The van der Waals surface area contributed by atoms with E-state index < -0.39 is 20.0 Å². The summed E-state index contributed by atoms with van der Waals surface area (Å²) in [6.45, 7) is 1.90. The van der Waals surface area contributed by atoms with Crippen molar-refractivity contribution in [3.05, 3.63) is 41.3 Å². The van der Waals surface area contributed by atoms with E-state index in [-0.39, 0.29) is 31.9 Å². The van der Waals surface area contributed by atoms with Gasteiger partial charge < -0.3 is 0 Å². The Hall–Kier alpha value is -2.64. The number of nitroso groups, excluding NO2 is 1. The van der Waals surface area contributed by atoms with Crippen molar-refractivity contribution in [1.82, 2.24) is 8.61 Å². The summed E-state index contributed by atoms with van der Waals surface area (Å²) in [5.74, 6) is 1.86. The summed E-state index contributed by atoms with van der Waals surface area (Å²) in [6, 6.07) is 9.01. The highest BCUT2D eigenvalue weighted by atomic mass is 32.2. The lowest BCUT2D eigenvalue weighted by atomic mass is 9.76. The Labute approximate surface area is 258 Å². The Morgan fingerprint density at radius 2 is 1.07 bits per heavy atom. The number of anilines is 1. The molecular weight excluding hydrogens is 601 g/mol. The van der Waals surface area contributed by atoms with Crippen molar-refractivity contribution in [3.8, 4) is 0 Å². The van der Waals surface area contributed by atoms with Crippen LogP contribution >= 0.6 is 0 Å². The van der Waals surface area contributed by atoms with Crippen LogP contribution in [0, 0.1) is 28.6 Å².